The molecule has 0 aliphatic carbocycles. The highest BCUT2D eigenvalue weighted by Crippen LogP contribution is 2.21. The fourth-order valence-corrected chi connectivity index (χ4v) is 2.58. The molecule has 0 fully saturated rings. The molecule has 0 atom stereocenters. The van der Waals surface area contributed by atoms with Crippen molar-refractivity contribution in [2.75, 3.05) is 20.1 Å². The summed E-state index contributed by atoms with van der Waals surface area (Å²) in [5, 5.41) is 3.25. The zero-order valence-corrected chi connectivity index (χ0v) is 10.5. The second kappa shape index (κ2) is 5.00. The first-order valence-corrected chi connectivity index (χ1v) is 7.05. The van der Waals surface area contributed by atoms with Gasteiger partial charge in [-0.05, 0) is 43.3 Å². The Morgan fingerprint density at radius 2 is 1.94 bits per heavy atom. The van der Waals surface area contributed by atoms with Crippen LogP contribution in [0.15, 0.2) is 35.2 Å². The largest absolute Gasteiger partial charge is 0.313 e. The summed E-state index contributed by atoms with van der Waals surface area (Å²) < 4.78 is 25.4. The van der Waals surface area contributed by atoms with E-state index >= 15 is 0 Å². The molecule has 4 nitrogen and oxygen atoms in total. The highest BCUT2D eigenvalue weighted by atomic mass is 32.2. The molecule has 0 bridgehead atoms. The summed E-state index contributed by atoms with van der Waals surface area (Å²) in [4.78, 5) is 0.304. The molecule has 0 spiro atoms. The Bertz CT molecular complexity index is 518. The van der Waals surface area contributed by atoms with E-state index in [2.05, 4.69) is 16.1 Å². The quantitative estimate of drug-likeness (QED) is 0.843. The Morgan fingerprint density at radius 1 is 1.24 bits per heavy atom. The van der Waals surface area contributed by atoms with Crippen LogP contribution in [0, 0.1) is 0 Å². The molecular formula is C12H16N2O2S. The number of benzene rings is 1. The third-order valence-electron chi connectivity index (χ3n) is 2.87. The number of rotatable bonds is 3. The Kier molecular flexibility index (Phi) is 3.61. The molecule has 0 unspecified atom stereocenters. The lowest BCUT2D eigenvalue weighted by Gasteiger charge is -2.14. The molecule has 0 saturated heterocycles. The van der Waals surface area contributed by atoms with Crippen LogP contribution in [-0.4, -0.2) is 28.6 Å². The summed E-state index contributed by atoms with van der Waals surface area (Å²) >= 11 is 0. The number of hydrogen-bond donors (Lipinski definition) is 2. The van der Waals surface area contributed by atoms with Crippen molar-refractivity contribution in [3.63, 3.8) is 0 Å². The lowest BCUT2D eigenvalue weighted by molar-refractivity contribution is 0.588. The van der Waals surface area contributed by atoms with Crippen molar-refractivity contribution in [1.82, 2.24) is 10.0 Å². The van der Waals surface area contributed by atoms with Crippen molar-refractivity contribution in [2.45, 2.75) is 11.3 Å². The molecule has 1 aliphatic heterocycles. The third-order valence-corrected chi connectivity index (χ3v) is 4.30. The SMILES string of the molecule is CNS(=O)(=O)c1ccc(C2=CCNCC2)cc1. The van der Waals surface area contributed by atoms with Crippen LogP contribution in [0.25, 0.3) is 5.57 Å². The molecule has 92 valence electrons. The Balaban J connectivity index is 2.27. The standard InChI is InChI=1S/C12H16N2O2S/c1-13-17(15,16)12-4-2-10(3-5-12)11-6-8-14-9-7-11/h2-6,13-14H,7-9H2,1H3. The minimum absolute atomic E-state index is 0.304. The van der Waals surface area contributed by atoms with Crippen molar-refractivity contribution in [2.24, 2.45) is 0 Å². The average Bonchev–Trinajstić information content (AvgIpc) is 2.40. The molecule has 17 heavy (non-hydrogen) atoms. The third kappa shape index (κ3) is 2.74. The smallest absolute Gasteiger partial charge is 0.240 e. The zero-order valence-electron chi connectivity index (χ0n) is 9.73. The average molecular weight is 252 g/mol. The first-order chi connectivity index (χ1) is 8.13. The predicted molar refractivity (Wildman–Crippen MR) is 68.2 cm³/mol. The van der Waals surface area contributed by atoms with Gasteiger partial charge in [0.05, 0.1) is 4.90 Å². The van der Waals surface area contributed by atoms with Crippen LogP contribution in [0.1, 0.15) is 12.0 Å². The Labute approximate surface area is 102 Å². The first-order valence-electron chi connectivity index (χ1n) is 5.57. The molecule has 5 heteroatoms. The van der Waals surface area contributed by atoms with Crippen molar-refractivity contribution < 1.29 is 8.42 Å². The molecule has 1 heterocycles. The van der Waals surface area contributed by atoms with Gasteiger partial charge in [-0.15, -0.1) is 0 Å². The van der Waals surface area contributed by atoms with Gasteiger partial charge in [0, 0.05) is 6.54 Å². The minimum Gasteiger partial charge on any atom is -0.313 e. The van der Waals surface area contributed by atoms with Gasteiger partial charge in [-0.2, -0.15) is 0 Å². The maximum Gasteiger partial charge on any atom is 0.240 e. The molecule has 0 aromatic heterocycles. The molecule has 1 aromatic carbocycles. The molecule has 1 aliphatic rings. The van der Waals surface area contributed by atoms with Crippen LogP contribution in [0.3, 0.4) is 0 Å². The van der Waals surface area contributed by atoms with Crippen LogP contribution in [0.5, 0.6) is 0 Å². The van der Waals surface area contributed by atoms with E-state index in [-0.39, 0.29) is 0 Å². The number of nitrogens with one attached hydrogen (secondary N) is 2. The minimum atomic E-state index is -3.33. The van der Waals surface area contributed by atoms with Gasteiger partial charge in [-0.1, -0.05) is 18.2 Å². The van der Waals surface area contributed by atoms with Gasteiger partial charge in [-0.25, -0.2) is 13.1 Å². The second-order valence-corrected chi connectivity index (χ2v) is 5.80. The Morgan fingerprint density at radius 3 is 2.47 bits per heavy atom. The molecule has 2 rings (SSSR count). The summed E-state index contributed by atoms with van der Waals surface area (Å²) in [5.41, 5.74) is 2.37. The van der Waals surface area contributed by atoms with E-state index in [0.29, 0.717) is 4.90 Å². The highest BCUT2D eigenvalue weighted by molar-refractivity contribution is 7.89. The fourth-order valence-electron chi connectivity index (χ4n) is 1.85. The number of hydrogen-bond acceptors (Lipinski definition) is 3. The summed E-state index contributed by atoms with van der Waals surface area (Å²) in [6, 6.07) is 7.01. The van der Waals surface area contributed by atoms with Gasteiger partial charge in [0.25, 0.3) is 0 Å². The molecular weight excluding hydrogens is 236 g/mol. The van der Waals surface area contributed by atoms with Gasteiger partial charge < -0.3 is 5.32 Å². The lowest BCUT2D eigenvalue weighted by Crippen LogP contribution is -2.20. The van der Waals surface area contributed by atoms with E-state index in [1.165, 1.54) is 12.6 Å². The van der Waals surface area contributed by atoms with E-state index in [0.717, 1.165) is 25.1 Å². The highest BCUT2D eigenvalue weighted by Gasteiger charge is 2.11. The van der Waals surface area contributed by atoms with E-state index in [9.17, 15) is 8.42 Å². The normalized spacial score (nSPS) is 16.6. The van der Waals surface area contributed by atoms with Crippen LogP contribution in [0.4, 0.5) is 0 Å². The van der Waals surface area contributed by atoms with Gasteiger partial charge >= 0.3 is 0 Å². The van der Waals surface area contributed by atoms with Gasteiger partial charge in [0.15, 0.2) is 0 Å². The summed E-state index contributed by atoms with van der Waals surface area (Å²) in [6.07, 6.45) is 3.13. The second-order valence-electron chi connectivity index (χ2n) is 3.92. The van der Waals surface area contributed by atoms with E-state index in [4.69, 9.17) is 0 Å². The zero-order chi connectivity index (χ0) is 12.3. The van der Waals surface area contributed by atoms with E-state index < -0.39 is 10.0 Å². The van der Waals surface area contributed by atoms with E-state index in [1.807, 2.05) is 12.1 Å². The summed E-state index contributed by atoms with van der Waals surface area (Å²) in [7, 11) is -1.91. The number of sulfonamides is 1. The van der Waals surface area contributed by atoms with Gasteiger partial charge in [0.2, 0.25) is 10.0 Å². The monoisotopic (exact) mass is 252 g/mol. The van der Waals surface area contributed by atoms with Crippen LogP contribution >= 0.6 is 0 Å². The molecule has 0 radical (unpaired) electrons. The lowest BCUT2D eigenvalue weighted by atomic mass is 10.0. The molecule has 0 amide bonds. The van der Waals surface area contributed by atoms with Crippen molar-refractivity contribution in [3.8, 4) is 0 Å². The Hall–Kier alpha value is -1.17. The van der Waals surface area contributed by atoms with Gasteiger partial charge in [-0.3, -0.25) is 0 Å². The van der Waals surface area contributed by atoms with E-state index in [1.54, 1.807) is 12.1 Å². The van der Waals surface area contributed by atoms with Crippen LogP contribution in [0.2, 0.25) is 0 Å². The fraction of sp³-hybridized carbons (Fsp3) is 0.333. The maximum atomic E-state index is 11.6. The van der Waals surface area contributed by atoms with Crippen LogP contribution in [-0.2, 0) is 10.0 Å². The summed E-state index contributed by atoms with van der Waals surface area (Å²) in [5.74, 6) is 0. The molecule has 2 N–H and O–H groups in total. The molecule has 0 saturated carbocycles. The van der Waals surface area contributed by atoms with Crippen molar-refractivity contribution in [3.05, 3.63) is 35.9 Å². The molecule has 1 aromatic rings. The first kappa shape index (κ1) is 12.3. The van der Waals surface area contributed by atoms with Crippen LogP contribution < -0.4 is 10.0 Å². The van der Waals surface area contributed by atoms with Gasteiger partial charge in [0.1, 0.15) is 0 Å². The summed E-state index contributed by atoms with van der Waals surface area (Å²) in [6.45, 7) is 1.86. The van der Waals surface area contributed by atoms with Crippen molar-refractivity contribution >= 4 is 15.6 Å². The maximum absolute atomic E-state index is 11.6. The topological polar surface area (TPSA) is 58.2 Å². The van der Waals surface area contributed by atoms with Crippen molar-refractivity contribution in [1.29, 1.82) is 0 Å². The predicted octanol–water partition coefficient (Wildman–Crippen LogP) is 0.971.